The Bertz CT molecular complexity index is 258. The second-order valence-electron chi connectivity index (χ2n) is 4.95. The maximum absolute atomic E-state index is 11.7. The summed E-state index contributed by atoms with van der Waals surface area (Å²) < 4.78 is 0. The smallest absolute Gasteiger partial charge is 0.324 e. The van der Waals surface area contributed by atoms with E-state index in [9.17, 15) is 9.90 Å². The van der Waals surface area contributed by atoms with Crippen LogP contribution in [-0.2, 0) is 4.79 Å². The maximum atomic E-state index is 11.7. The van der Waals surface area contributed by atoms with Gasteiger partial charge in [-0.2, -0.15) is 0 Å². The second-order valence-corrected chi connectivity index (χ2v) is 4.95. The molecule has 1 heterocycles. The van der Waals surface area contributed by atoms with Crippen molar-refractivity contribution in [3.8, 4) is 0 Å². The molecule has 16 heavy (non-hydrogen) atoms. The third kappa shape index (κ3) is 1.96. The lowest BCUT2D eigenvalue weighted by molar-refractivity contribution is -0.153. The average Bonchev–Trinajstić information content (AvgIpc) is 3.04. The summed E-state index contributed by atoms with van der Waals surface area (Å²) in [6.45, 7) is 5.74. The van der Waals surface area contributed by atoms with Crippen molar-refractivity contribution in [3.05, 3.63) is 0 Å². The van der Waals surface area contributed by atoms with E-state index in [-0.39, 0.29) is 0 Å². The number of nitrogens with zero attached hydrogens (tertiary/aromatic N) is 1. The topological polar surface area (TPSA) is 52.6 Å². The van der Waals surface area contributed by atoms with Crippen LogP contribution >= 0.6 is 0 Å². The molecule has 0 aromatic carbocycles. The first-order chi connectivity index (χ1) is 7.71. The van der Waals surface area contributed by atoms with Crippen molar-refractivity contribution in [2.24, 2.45) is 5.92 Å². The Hall–Kier alpha value is -0.610. The summed E-state index contributed by atoms with van der Waals surface area (Å²) >= 11 is 0. The summed E-state index contributed by atoms with van der Waals surface area (Å²) in [6, 6.07) is 0. The molecular formula is C12H22N2O2. The first-order valence-electron chi connectivity index (χ1n) is 6.41. The summed E-state index contributed by atoms with van der Waals surface area (Å²) in [4.78, 5) is 13.9. The van der Waals surface area contributed by atoms with Gasteiger partial charge in [-0.3, -0.25) is 9.69 Å². The molecule has 1 saturated carbocycles. The van der Waals surface area contributed by atoms with Crippen molar-refractivity contribution in [2.75, 3.05) is 26.2 Å². The number of carbonyl (C=O) groups is 1. The van der Waals surface area contributed by atoms with Crippen LogP contribution < -0.4 is 5.32 Å². The molecule has 0 bridgehead atoms. The van der Waals surface area contributed by atoms with Gasteiger partial charge in [0.05, 0.1) is 0 Å². The molecule has 2 rings (SSSR count). The lowest BCUT2D eigenvalue weighted by atomic mass is 9.87. The van der Waals surface area contributed by atoms with E-state index in [1.807, 2.05) is 6.92 Å². The highest BCUT2D eigenvalue weighted by Crippen LogP contribution is 2.45. The molecule has 0 radical (unpaired) electrons. The molecule has 0 amide bonds. The van der Waals surface area contributed by atoms with Crippen molar-refractivity contribution >= 4 is 5.97 Å². The summed E-state index contributed by atoms with van der Waals surface area (Å²) in [5, 5.41) is 13.0. The summed E-state index contributed by atoms with van der Waals surface area (Å²) in [6.07, 6.45) is 3.96. The van der Waals surface area contributed by atoms with E-state index < -0.39 is 11.5 Å². The molecule has 1 atom stereocenters. The Kier molecular flexibility index (Phi) is 3.50. The molecule has 1 aliphatic heterocycles. The first-order valence-corrected chi connectivity index (χ1v) is 6.41. The molecular weight excluding hydrogens is 204 g/mol. The Morgan fingerprint density at radius 2 is 2.19 bits per heavy atom. The Balaban J connectivity index is 2.18. The van der Waals surface area contributed by atoms with Crippen LogP contribution in [0, 0.1) is 5.92 Å². The number of hydrogen-bond acceptors (Lipinski definition) is 3. The molecule has 0 spiro atoms. The number of rotatable bonds is 4. The van der Waals surface area contributed by atoms with Crippen LogP contribution in [0.4, 0.5) is 0 Å². The molecule has 2 N–H and O–H groups in total. The SMILES string of the molecule is CCC(C(=O)O)(C1CC1)N1CCCNCC1. The third-order valence-corrected chi connectivity index (χ3v) is 4.07. The highest BCUT2D eigenvalue weighted by Gasteiger charge is 2.53. The van der Waals surface area contributed by atoms with E-state index in [0.717, 1.165) is 51.9 Å². The fourth-order valence-electron chi connectivity index (χ4n) is 3.04. The van der Waals surface area contributed by atoms with Gasteiger partial charge in [0, 0.05) is 19.6 Å². The molecule has 2 fully saturated rings. The van der Waals surface area contributed by atoms with E-state index in [1.165, 1.54) is 0 Å². The fraction of sp³-hybridized carbons (Fsp3) is 0.917. The lowest BCUT2D eigenvalue weighted by Gasteiger charge is -2.40. The Labute approximate surface area is 97.0 Å². The molecule has 2 aliphatic rings. The van der Waals surface area contributed by atoms with Crippen LogP contribution in [0.2, 0.25) is 0 Å². The number of carboxylic acids is 1. The summed E-state index contributed by atoms with van der Waals surface area (Å²) in [5.41, 5.74) is -0.577. The van der Waals surface area contributed by atoms with E-state index in [1.54, 1.807) is 0 Å². The van der Waals surface area contributed by atoms with Crippen molar-refractivity contribution in [3.63, 3.8) is 0 Å². The normalized spacial score (nSPS) is 27.1. The predicted octanol–water partition coefficient (Wildman–Crippen LogP) is 0.925. The van der Waals surface area contributed by atoms with Crippen LogP contribution in [-0.4, -0.2) is 47.7 Å². The summed E-state index contributed by atoms with van der Waals surface area (Å²) in [5.74, 6) is -0.229. The molecule has 0 aromatic heterocycles. The minimum atomic E-state index is -0.612. The molecule has 92 valence electrons. The van der Waals surface area contributed by atoms with Gasteiger partial charge in [0.15, 0.2) is 0 Å². The molecule has 1 unspecified atom stereocenters. The quantitative estimate of drug-likeness (QED) is 0.748. The van der Waals surface area contributed by atoms with Gasteiger partial charge in [-0.15, -0.1) is 0 Å². The number of hydrogen-bond donors (Lipinski definition) is 2. The van der Waals surface area contributed by atoms with Gasteiger partial charge < -0.3 is 10.4 Å². The fourth-order valence-corrected chi connectivity index (χ4v) is 3.04. The number of carboxylic acid groups (broad SMARTS) is 1. The van der Waals surface area contributed by atoms with Gasteiger partial charge in [-0.05, 0) is 38.1 Å². The van der Waals surface area contributed by atoms with Crippen LogP contribution in [0.15, 0.2) is 0 Å². The largest absolute Gasteiger partial charge is 0.480 e. The summed E-state index contributed by atoms with van der Waals surface area (Å²) in [7, 11) is 0. The lowest BCUT2D eigenvalue weighted by Crippen LogP contribution is -2.57. The van der Waals surface area contributed by atoms with Gasteiger partial charge in [0.2, 0.25) is 0 Å². The van der Waals surface area contributed by atoms with Crippen LogP contribution in [0.25, 0.3) is 0 Å². The highest BCUT2D eigenvalue weighted by molar-refractivity contribution is 5.79. The molecule has 1 aliphatic carbocycles. The second kappa shape index (κ2) is 4.72. The molecule has 4 heteroatoms. The first kappa shape index (κ1) is 11.9. The van der Waals surface area contributed by atoms with Gasteiger partial charge in [-0.25, -0.2) is 0 Å². The molecule has 4 nitrogen and oxygen atoms in total. The third-order valence-electron chi connectivity index (χ3n) is 4.07. The van der Waals surface area contributed by atoms with Crippen molar-refractivity contribution < 1.29 is 9.90 Å². The zero-order valence-corrected chi connectivity index (χ0v) is 10.0. The maximum Gasteiger partial charge on any atom is 0.324 e. The van der Waals surface area contributed by atoms with E-state index in [4.69, 9.17) is 0 Å². The molecule has 1 saturated heterocycles. The number of nitrogens with one attached hydrogen (secondary N) is 1. The van der Waals surface area contributed by atoms with Crippen LogP contribution in [0.1, 0.15) is 32.6 Å². The molecule has 0 aromatic rings. The van der Waals surface area contributed by atoms with Gasteiger partial charge >= 0.3 is 5.97 Å². The van der Waals surface area contributed by atoms with Crippen LogP contribution in [0.5, 0.6) is 0 Å². The average molecular weight is 226 g/mol. The minimum Gasteiger partial charge on any atom is -0.480 e. The van der Waals surface area contributed by atoms with Gasteiger partial charge in [0.25, 0.3) is 0 Å². The van der Waals surface area contributed by atoms with E-state index >= 15 is 0 Å². The van der Waals surface area contributed by atoms with Crippen molar-refractivity contribution in [2.45, 2.75) is 38.1 Å². The van der Waals surface area contributed by atoms with Crippen LogP contribution in [0.3, 0.4) is 0 Å². The van der Waals surface area contributed by atoms with Gasteiger partial charge in [0.1, 0.15) is 5.54 Å². The van der Waals surface area contributed by atoms with E-state index in [0.29, 0.717) is 5.92 Å². The highest BCUT2D eigenvalue weighted by atomic mass is 16.4. The Morgan fingerprint density at radius 1 is 1.44 bits per heavy atom. The zero-order valence-electron chi connectivity index (χ0n) is 10.0. The zero-order chi connectivity index (χ0) is 11.6. The van der Waals surface area contributed by atoms with Crippen molar-refractivity contribution in [1.29, 1.82) is 0 Å². The minimum absolute atomic E-state index is 0.382. The monoisotopic (exact) mass is 226 g/mol. The van der Waals surface area contributed by atoms with Gasteiger partial charge in [-0.1, -0.05) is 6.92 Å². The Morgan fingerprint density at radius 3 is 2.75 bits per heavy atom. The van der Waals surface area contributed by atoms with Crippen molar-refractivity contribution in [1.82, 2.24) is 10.2 Å². The standard InChI is InChI=1S/C12H22N2O2/c1-2-12(11(15)16,10-4-5-10)14-8-3-6-13-7-9-14/h10,13H,2-9H2,1H3,(H,15,16). The predicted molar refractivity (Wildman–Crippen MR) is 62.4 cm³/mol. The number of aliphatic carboxylic acids is 1. The van der Waals surface area contributed by atoms with E-state index in [2.05, 4.69) is 10.2 Å².